The van der Waals surface area contributed by atoms with Gasteiger partial charge in [0.15, 0.2) is 0 Å². The molecule has 0 heterocycles. The largest absolute Gasteiger partial charge is 0.481 e. The van der Waals surface area contributed by atoms with Crippen LogP contribution in [0.25, 0.3) is 0 Å². The number of carboxylic acids is 1. The Morgan fingerprint density at radius 2 is 2.27 bits per heavy atom. The van der Waals surface area contributed by atoms with Crippen LogP contribution in [0.2, 0.25) is 0 Å². The number of hydrogen-bond donors (Lipinski definition) is 2. The Kier molecular flexibility index (Phi) is 5.47. The third-order valence-corrected chi connectivity index (χ3v) is 3.98. The summed E-state index contributed by atoms with van der Waals surface area (Å²) in [6, 6.07) is 0.156. The zero-order chi connectivity index (χ0) is 11.3. The predicted molar refractivity (Wildman–Crippen MR) is 64.1 cm³/mol. The fourth-order valence-corrected chi connectivity index (χ4v) is 2.88. The molecule has 1 aliphatic rings. The number of hydrogen-bond acceptors (Lipinski definition) is 3. The van der Waals surface area contributed by atoms with E-state index in [1.807, 2.05) is 18.7 Å². The Balaban J connectivity index is 1.99. The smallest absolute Gasteiger partial charge is 0.303 e. The van der Waals surface area contributed by atoms with Gasteiger partial charge in [0.1, 0.15) is 0 Å². The lowest BCUT2D eigenvalue weighted by atomic mass is 10.00. The van der Waals surface area contributed by atoms with Crippen LogP contribution in [0.4, 0.5) is 0 Å². The van der Waals surface area contributed by atoms with Crippen LogP contribution >= 0.6 is 11.8 Å². The Morgan fingerprint density at radius 3 is 2.80 bits per heavy atom. The Morgan fingerprint density at radius 1 is 1.60 bits per heavy atom. The van der Waals surface area contributed by atoms with Crippen molar-refractivity contribution < 1.29 is 9.90 Å². The number of thioether (sulfide) groups is 1. The highest BCUT2D eigenvalue weighted by Crippen LogP contribution is 2.32. The van der Waals surface area contributed by atoms with Crippen molar-refractivity contribution in [1.29, 1.82) is 0 Å². The van der Waals surface area contributed by atoms with Crippen LogP contribution in [0, 0.1) is 11.8 Å². The van der Waals surface area contributed by atoms with Gasteiger partial charge in [0.25, 0.3) is 0 Å². The van der Waals surface area contributed by atoms with Crippen molar-refractivity contribution in [2.24, 2.45) is 17.6 Å². The normalized spacial score (nSPS) is 19.9. The van der Waals surface area contributed by atoms with E-state index in [0.717, 1.165) is 18.1 Å². The minimum Gasteiger partial charge on any atom is -0.481 e. The SMILES string of the molecule is C[C@@H](CC(=O)O)C[C@H](N)CSCC1CC1. The molecule has 88 valence electrons. The molecule has 0 radical (unpaired) electrons. The van der Waals surface area contributed by atoms with Crippen molar-refractivity contribution >= 4 is 17.7 Å². The van der Waals surface area contributed by atoms with E-state index in [1.54, 1.807) is 0 Å². The highest BCUT2D eigenvalue weighted by molar-refractivity contribution is 7.99. The van der Waals surface area contributed by atoms with Crippen LogP contribution in [-0.4, -0.2) is 28.6 Å². The molecule has 0 spiro atoms. The molecule has 0 unspecified atom stereocenters. The number of nitrogens with two attached hydrogens (primary N) is 1. The van der Waals surface area contributed by atoms with E-state index in [0.29, 0.717) is 0 Å². The molecule has 3 N–H and O–H groups in total. The molecule has 0 aliphatic heterocycles. The molecular formula is C11H21NO2S. The average molecular weight is 231 g/mol. The van der Waals surface area contributed by atoms with Gasteiger partial charge in [0.2, 0.25) is 0 Å². The van der Waals surface area contributed by atoms with Crippen LogP contribution in [0.15, 0.2) is 0 Å². The van der Waals surface area contributed by atoms with Gasteiger partial charge in [-0.2, -0.15) is 11.8 Å². The molecule has 0 amide bonds. The number of rotatable bonds is 8. The first-order valence-corrected chi connectivity index (χ1v) is 6.78. The van der Waals surface area contributed by atoms with Gasteiger partial charge in [0, 0.05) is 18.2 Å². The molecular weight excluding hydrogens is 210 g/mol. The van der Waals surface area contributed by atoms with Crippen molar-refractivity contribution in [1.82, 2.24) is 0 Å². The van der Waals surface area contributed by atoms with Crippen molar-refractivity contribution in [2.45, 2.75) is 38.6 Å². The topological polar surface area (TPSA) is 63.3 Å². The van der Waals surface area contributed by atoms with Crippen molar-refractivity contribution in [3.8, 4) is 0 Å². The molecule has 1 rings (SSSR count). The van der Waals surface area contributed by atoms with Gasteiger partial charge < -0.3 is 10.8 Å². The van der Waals surface area contributed by atoms with E-state index in [-0.39, 0.29) is 18.4 Å². The highest BCUT2D eigenvalue weighted by atomic mass is 32.2. The Labute approximate surface area is 95.8 Å². The number of aliphatic carboxylic acids is 1. The summed E-state index contributed by atoms with van der Waals surface area (Å²) in [6.07, 6.45) is 3.83. The van der Waals surface area contributed by atoms with Crippen LogP contribution in [-0.2, 0) is 4.79 Å². The van der Waals surface area contributed by atoms with Gasteiger partial charge >= 0.3 is 5.97 Å². The average Bonchev–Trinajstić information content (AvgIpc) is 2.85. The van der Waals surface area contributed by atoms with Gasteiger partial charge in [-0.15, -0.1) is 0 Å². The zero-order valence-electron chi connectivity index (χ0n) is 9.32. The van der Waals surface area contributed by atoms with Gasteiger partial charge in [0.05, 0.1) is 0 Å². The van der Waals surface area contributed by atoms with Crippen LogP contribution in [0.5, 0.6) is 0 Å². The molecule has 0 aromatic carbocycles. The maximum absolute atomic E-state index is 10.5. The maximum Gasteiger partial charge on any atom is 0.303 e. The first-order valence-electron chi connectivity index (χ1n) is 5.63. The molecule has 0 aromatic rings. The Hall–Kier alpha value is -0.220. The van der Waals surface area contributed by atoms with E-state index < -0.39 is 5.97 Å². The van der Waals surface area contributed by atoms with Gasteiger partial charge in [-0.05, 0) is 36.9 Å². The van der Waals surface area contributed by atoms with E-state index in [9.17, 15) is 4.79 Å². The fourth-order valence-electron chi connectivity index (χ4n) is 1.64. The summed E-state index contributed by atoms with van der Waals surface area (Å²) < 4.78 is 0. The van der Waals surface area contributed by atoms with Crippen LogP contribution < -0.4 is 5.73 Å². The standard InChI is InChI=1S/C11H21NO2S/c1-8(5-11(13)14)4-10(12)7-15-6-9-2-3-9/h8-10H,2-7,12H2,1H3,(H,13,14)/t8-,10+/m1/s1. The summed E-state index contributed by atoms with van der Waals surface area (Å²) in [5.74, 6) is 2.62. The van der Waals surface area contributed by atoms with Gasteiger partial charge in [-0.3, -0.25) is 4.79 Å². The third kappa shape index (κ3) is 6.79. The van der Waals surface area contributed by atoms with Crippen molar-refractivity contribution in [3.05, 3.63) is 0 Å². The van der Waals surface area contributed by atoms with Gasteiger partial charge in [-0.1, -0.05) is 6.92 Å². The predicted octanol–water partition coefficient (Wildman–Crippen LogP) is 1.96. The summed E-state index contributed by atoms with van der Waals surface area (Å²) in [7, 11) is 0. The highest BCUT2D eigenvalue weighted by Gasteiger charge is 2.21. The molecule has 4 heteroatoms. The molecule has 15 heavy (non-hydrogen) atoms. The van der Waals surface area contributed by atoms with E-state index in [1.165, 1.54) is 18.6 Å². The molecule has 1 saturated carbocycles. The molecule has 1 aliphatic carbocycles. The summed E-state index contributed by atoms with van der Waals surface area (Å²) in [5.41, 5.74) is 5.94. The van der Waals surface area contributed by atoms with Crippen molar-refractivity contribution in [3.63, 3.8) is 0 Å². The minimum atomic E-state index is -0.722. The Bertz CT molecular complexity index is 207. The second kappa shape index (κ2) is 6.38. The number of carbonyl (C=O) groups is 1. The molecule has 3 nitrogen and oxygen atoms in total. The van der Waals surface area contributed by atoms with E-state index in [4.69, 9.17) is 10.8 Å². The number of carboxylic acid groups (broad SMARTS) is 1. The molecule has 0 aromatic heterocycles. The lowest BCUT2D eigenvalue weighted by Crippen LogP contribution is -2.26. The van der Waals surface area contributed by atoms with Gasteiger partial charge in [-0.25, -0.2) is 0 Å². The molecule has 2 atom stereocenters. The van der Waals surface area contributed by atoms with E-state index >= 15 is 0 Å². The van der Waals surface area contributed by atoms with Crippen LogP contribution in [0.3, 0.4) is 0 Å². The molecule has 0 bridgehead atoms. The third-order valence-electron chi connectivity index (χ3n) is 2.61. The summed E-state index contributed by atoms with van der Waals surface area (Å²) in [5, 5.41) is 8.61. The second-order valence-corrected chi connectivity index (χ2v) is 5.75. The van der Waals surface area contributed by atoms with Crippen LogP contribution in [0.1, 0.15) is 32.6 Å². The summed E-state index contributed by atoms with van der Waals surface area (Å²) >= 11 is 1.92. The first-order chi connectivity index (χ1) is 7.08. The lowest BCUT2D eigenvalue weighted by Gasteiger charge is -2.15. The molecule has 0 saturated heterocycles. The summed E-state index contributed by atoms with van der Waals surface area (Å²) in [6.45, 7) is 1.96. The lowest BCUT2D eigenvalue weighted by molar-refractivity contribution is -0.138. The first kappa shape index (κ1) is 12.8. The summed E-state index contributed by atoms with van der Waals surface area (Å²) in [4.78, 5) is 10.5. The second-order valence-electron chi connectivity index (χ2n) is 4.68. The quantitative estimate of drug-likeness (QED) is 0.670. The van der Waals surface area contributed by atoms with Crippen molar-refractivity contribution in [2.75, 3.05) is 11.5 Å². The maximum atomic E-state index is 10.5. The van der Waals surface area contributed by atoms with E-state index in [2.05, 4.69) is 0 Å². The minimum absolute atomic E-state index is 0.156. The fraction of sp³-hybridized carbons (Fsp3) is 0.909. The monoisotopic (exact) mass is 231 g/mol. The zero-order valence-corrected chi connectivity index (χ0v) is 10.1. The molecule has 1 fully saturated rings.